The Labute approximate surface area is 114 Å². The molecule has 104 valence electrons. The lowest BCUT2D eigenvalue weighted by Crippen LogP contribution is -2.44. The summed E-state index contributed by atoms with van der Waals surface area (Å²) in [6.45, 7) is 4.07. The van der Waals surface area contributed by atoms with Crippen molar-refractivity contribution in [2.75, 3.05) is 11.5 Å². The molecular formula is C14H19NO3S. The molecule has 1 aromatic carbocycles. The maximum Gasteiger partial charge on any atom is 0.151 e. The van der Waals surface area contributed by atoms with E-state index in [4.69, 9.17) is 4.74 Å². The van der Waals surface area contributed by atoms with Crippen LogP contribution in [0.4, 0.5) is 0 Å². The maximum absolute atomic E-state index is 11.6. The molecular weight excluding hydrogens is 262 g/mol. The second-order valence-corrected chi connectivity index (χ2v) is 8.17. The number of fused-ring (bicyclic) bond motifs is 1. The fraction of sp³-hybridized carbons (Fsp3) is 0.571. The van der Waals surface area contributed by atoms with E-state index in [0.29, 0.717) is 12.2 Å². The normalized spacial score (nSPS) is 30.8. The van der Waals surface area contributed by atoms with Gasteiger partial charge in [-0.05, 0) is 26.3 Å². The smallest absolute Gasteiger partial charge is 0.151 e. The van der Waals surface area contributed by atoms with E-state index < -0.39 is 9.84 Å². The molecule has 2 unspecified atom stereocenters. The average molecular weight is 281 g/mol. The second-order valence-electron chi connectivity index (χ2n) is 5.94. The van der Waals surface area contributed by atoms with Crippen LogP contribution in [0.2, 0.25) is 0 Å². The summed E-state index contributed by atoms with van der Waals surface area (Å²) < 4.78 is 29.1. The number of sulfone groups is 1. The van der Waals surface area contributed by atoms with Crippen LogP contribution in [0.1, 0.15) is 31.9 Å². The molecule has 0 aliphatic carbocycles. The van der Waals surface area contributed by atoms with E-state index in [-0.39, 0.29) is 23.4 Å². The van der Waals surface area contributed by atoms with Crippen molar-refractivity contribution in [2.45, 2.75) is 38.0 Å². The maximum atomic E-state index is 11.6. The Balaban J connectivity index is 1.84. The van der Waals surface area contributed by atoms with Crippen LogP contribution in [0, 0.1) is 0 Å². The van der Waals surface area contributed by atoms with Gasteiger partial charge in [0.15, 0.2) is 9.84 Å². The Hall–Kier alpha value is -1.07. The Bertz CT molecular complexity index is 594. The van der Waals surface area contributed by atoms with E-state index in [2.05, 4.69) is 5.32 Å². The first-order valence-corrected chi connectivity index (χ1v) is 8.44. The van der Waals surface area contributed by atoms with Gasteiger partial charge in [0.05, 0.1) is 17.5 Å². The van der Waals surface area contributed by atoms with Crippen molar-refractivity contribution in [3.05, 3.63) is 29.8 Å². The van der Waals surface area contributed by atoms with E-state index in [1.165, 1.54) is 0 Å². The lowest BCUT2D eigenvalue weighted by atomic mass is 9.93. The first-order chi connectivity index (χ1) is 8.87. The molecule has 1 fully saturated rings. The lowest BCUT2D eigenvalue weighted by Gasteiger charge is -2.29. The van der Waals surface area contributed by atoms with Gasteiger partial charge < -0.3 is 10.1 Å². The Morgan fingerprint density at radius 2 is 2.05 bits per heavy atom. The molecule has 0 spiro atoms. The van der Waals surface area contributed by atoms with Crippen molar-refractivity contribution in [1.82, 2.24) is 5.32 Å². The lowest BCUT2D eigenvalue weighted by molar-refractivity contribution is 0.0923. The highest BCUT2D eigenvalue weighted by atomic mass is 32.2. The first-order valence-electron chi connectivity index (χ1n) is 6.62. The summed E-state index contributed by atoms with van der Waals surface area (Å²) in [4.78, 5) is 0. The molecule has 0 bridgehead atoms. The number of rotatable bonds is 2. The van der Waals surface area contributed by atoms with Crippen molar-refractivity contribution in [1.29, 1.82) is 0 Å². The van der Waals surface area contributed by atoms with E-state index in [1.807, 2.05) is 38.1 Å². The third-order valence-electron chi connectivity index (χ3n) is 3.93. The van der Waals surface area contributed by atoms with E-state index in [9.17, 15) is 8.42 Å². The van der Waals surface area contributed by atoms with Crippen LogP contribution in [0.3, 0.4) is 0 Å². The number of benzene rings is 1. The minimum Gasteiger partial charge on any atom is -0.486 e. The van der Waals surface area contributed by atoms with Gasteiger partial charge in [-0.15, -0.1) is 0 Å². The molecule has 2 atom stereocenters. The minimum absolute atomic E-state index is 0.0315. The first kappa shape index (κ1) is 12.9. The van der Waals surface area contributed by atoms with E-state index in [0.717, 1.165) is 11.3 Å². The van der Waals surface area contributed by atoms with Gasteiger partial charge in [0.1, 0.15) is 11.4 Å². The van der Waals surface area contributed by atoms with Crippen LogP contribution in [-0.2, 0) is 9.84 Å². The van der Waals surface area contributed by atoms with Gasteiger partial charge >= 0.3 is 0 Å². The standard InChI is InChI=1S/C14H19NO3S/c1-14(2)13(11-5-3-4-6-12(11)18-14)15-10-7-8-19(16,17)9-10/h3-6,10,13,15H,7-9H2,1-2H3. The monoisotopic (exact) mass is 281 g/mol. The summed E-state index contributed by atoms with van der Waals surface area (Å²) in [5, 5.41) is 3.48. The third kappa shape index (κ3) is 2.37. The van der Waals surface area contributed by atoms with Gasteiger partial charge in [0.2, 0.25) is 0 Å². The molecule has 0 amide bonds. The molecule has 1 saturated heterocycles. The number of ether oxygens (including phenoxy) is 1. The quantitative estimate of drug-likeness (QED) is 0.896. The van der Waals surface area contributed by atoms with Crippen LogP contribution in [-0.4, -0.2) is 31.6 Å². The Morgan fingerprint density at radius 3 is 2.74 bits per heavy atom. The highest BCUT2D eigenvalue weighted by molar-refractivity contribution is 7.91. The summed E-state index contributed by atoms with van der Waals surface area (Å²) in [5.74, 6) is 1.42. The number of para-hydroxylation sites is 1. The van der Waals surface area contributed by atoms with Crippen LogP contribution in [0.5, 0.6) is 5.75 Å². The summed E-state index contributed by atoms with van der Waals surface area (Å²) >= 11 is 0. The summed E-state index contributed by atoms with van der Waals surface area (Å²) in [6.07, 6.45) is 0.692. The van der Waals surface area contributed by atoms with Crippen molar-refractivity contribution in [3.8, 4) is 5.75 Å². The summed E-state index contributed by atoms with van der Waals surface area (Å²) in [7, 11) is -2.86. The van der Waals surface area contributed by atoms with Gasteiger partial charge in [-0.2, -0.15) is 0 Å². The van der Waals surface area contributed by atoms with Crippen LogP contribution in [0.25, 0.3) is 0 Å². The van der Waals surface area contributed by atoms with Crippen LogP contribution < -0.4 is 10.1 Å². The van der Waals surface area contributed by atoms with Gasteiger partial charge in [0, 0.05) is 11.6 Å². The zero-order valence-corrected chi connectivity index (χ0v) is 12.0. The van der Waals surface area contributed by atoms with E-state index >= 15 is 0 Å². The molecule has 1 aromatic rings. The van der Waals surface area contributed by atoms with Crippen LogP contribution >= 0.6 is 0 Å². The van der Waals surface area contributed by atoms with Crippen molar-refractivity contribution < 1.29 is 13.2 Å². The SMILES string of the molecule is CC1(C)Oc2ccccc2C1NC1CCS(=O)(=O)C1. The molecule has 19 heavy (non-hydrogen) atoms. The fourth-order valence-corrected chi connectivity index (χ4v) is 4.67. The molecule has 2 aliphatic rings. The molecule has 0 aromatic heterocycles. The molecule has 0 saturated carbocycles. The van der Waals surface area contributed by atoms with Gasteiger partial charge in [-0.1, -0.05) is 18.2 Å². The molecule has 1 N–H and O–H groups in total. The van der Waals surface area contributed by atoms with Crippen molar-refractivity contribution >= 4 is 9.84 Å². The Morgan fingerprint density at radius 1 is 1.32 bits per heavy atom. The highest BCUT2D eigenvalue weighted by Gasteiger charge is 2.43. The summed E-state index contributed by atoms with van der Waals surface area (Å²) in [5.41, 5.74) is 0.771. The van der Waals surface area contributed by atoms with Crippen molar-refractivity contribution in [3.63, 3.8) is 0 Å². The molecule has 0 radical (unpaired) electrons. The molecule has 2 aliphatic heterocycles. The molecule has 4 nitrogen and oxygen atoms in total. The Kier molecular flexibility index (Phi) is 2.87. The average Bonchev–Trinajstić information content (AvgIpc) is 2.77. The number of hydrogen-bond acceptors (Lipinski definition) is 4. The third-order valence-corrected chi connectivity index (χ3v) is 5.70. The fourth-order valence-electron chi connectivity index (χ4n) is 2.98. The van der Waals surface area contributed by atoms with Crippen molar-refractivity contribution in [2.24, 2.45) is 0 Å². The van der Waals surface area contributed by atoms with Gasteiger partial charge in [0.25, 0.3) is 0 Å². The molecule has 3 rings (SSSR count). The molecule has 5 heteroatoms. The highest BCUT2D eigenvalue weighted by Crippen LogP contribution is 2.43. The second kappa shape index (κ2) is 4.21. The summed E-state index contributed by atoms with van der Waals surface area (Å²) in [6, 6.07) is 8.03. The topological polar surface area (TPSA) is 55.4 Å². The number of hydrogen-bond donors (Lipinski definition) is 1. The zero-order valence-electron chi connectivity index (χ0n) is 11.2. The van der Waals surface area contributed by atoms with Gasteiger partial charge in [-0.3, -0.25) is 0 Å². The molecule has 2 heterocycles. The predicted molar refractivity (Wildman–Crippen MR) is 74.1 cm³/mol. The largest absolute Gasteiger partial charge is 0.486 e. The van der Waals surface area contributed by atoms with Gasteiger partial charge in [-0.25, -0.2) is 8.42 Å². The number of nitrogens with one attached hydrogen (secondary N) is 1. The van der Waals surface area contributed by atoms with E-state index in [1.54, 1.807) is 0 Å². The van der Waals surface area contributed by atoms with Crippen LogP contribution in [0.15, 0.2) is 24.3 Å². The predicted octanol–water partition coefficient (Wildman–Crippen LogP) is 1.68. The zero-order chi connectivity index (χ0) is 13.7. The minimum atomic E-state index is -2.86.